The van der Waals surface area contributed by atoms with Crippen LogP contribution in [0.5, 0.6) is 0 Å². The van der Waals surface area contributed by atoms with E-state index in [1.807, 2.05) is 19.0 Å². The molecule has 1 aliphatic heterocycles. The number of amides is 1. The predicted molar refractivity (Wildman–Crippen MR) is 83.8 cm³/mol. The number of nitrogens with zero attached hydrogens (tertiary/aromatic N) is 2. The fourth-order valence-corrected chi connectivity index (χ4v) is 3.23. The maximum atomic E-state index is 12.6. The van der Waals surface area contributed by atoms with Gasteiger partial charge in [0.15, 0.2) is 0 Å². The van der Waals surface area contributed by atoms with Crippen LogP contribution >= 0.6 is 11.3 Å². The molecule has 112 valence electrons. The minimum atomic E-state index is -0.0120. The quantitative estimate of drug-likeness (QED) is 0.838. The van der Waals surface area contributed by atoms with Gasteiger partial charge in [-0.3, -0.25) is 10.1 Å². The molecular weight excluding hydrogens is 270 g/mol. The summed E-state index contributed by atoms with van der Waals surface area (Å²) >= 11 is 1.68. The molecule has 5 heteroatoms. The maximum Gasteiger partial charge on any atom is 0.241 e. The molecule has 0 aromatic carbocycles. The molecule has 0 saturated carbocycles. The number of hydrogen-bond acceptors (Lipinski definition) is 4. The molecule has 20 heavy (non-hydrogen) atoms. The molecule has 2 atom stereocenters. The predicted octanol–water partition coefficient (Wildman–Crippen LogP) is 2.30. The number of likely N-dealkylation sites (N-methyl/N-ethyl adjacent to an activating group) is 1. The van der Waals surface area contributed by atoms with Gasteiger partial charge in [0.1, 0.15) is 6.17 Å². The highest BCUT2D eigenvalue weighted by molar-refractivity contribution is 7.07. The zero-order valence-electron chi connectivity index (χ0n) is 12.6. The molecular formula is C15H25N3OS. The number of thiophene rings is 1. The van der Waals surface area contributed by atoms with E-state index < -0.39 is 0 Å². The summed E-state index contributed by atoms with van der Waals surface area (Å²) in [5.74, 6) is 0.261. The smallest absolute Gasteiger partial charge is 0.241 e. The van der Waals surface area contributed by atoms with E-state index >= 15 is 0 Å². The van der Waals surface area contributed by atoms with Crippen LogP contribution in [0.1, 0.15) is 37.9 Å². The monoisotopic (exact) mass is 295 g/mol. The van der Waals surface area contributed by atoms with Crippen molar-refractivity contribution in [3.8, 4) is 0 Å². The van der Waals surface area contributed by atoms with Gasteiger partial charge < -0.3 is 9.80 Å². The molecule has 2 unspecified atom stereocenters. The fraction of sp³-hybridized carbons (Fsp3) is 0.667. The summed E-state index contributed by atoms with van der Waals surface area (Å²) in [6.07, 6.45) is 3.22. The van der Waals surface area contributed by atoms with E-state index in [0.29, 0.717) is 0 Å². The first-order chi connectivity index (χ1) is 9.63. The van der Waals surface area contributed by atoms with Crippen molar-refractivity contribution in [2.45, 2.75) is 38.4 Å². The molecule has 2 heterocycles. The van der Waals surface area contributed by atoms with Gasteiger partial charge in [0, 0.05) is 13.1 Å². The first-order valence-corrected chi connectivity index (χ1v) is 8.31. The van der Waals surface area contributed by atoms with Crippen molar-refractivity contribution in [3.63, 3.8) is 0 Å². The van der Waals surface area contributed by atoms with E-state index in [1.54, 1.807) is 11.3 Å². The van der Waals surface area contributed by atoms with E-state index in [0.717, 1.165) is 32.4 Å². The first-order valence-electron chi connectivity index (χ1n) is 7.36. The van der Waals surface area contributed by atoms with Gasteiger partial charge in [-0.2, -0.15) is 11.3 Å². The average molecular weight is 295 g/mol. The van der Waals surface area contributed by atoms with E-state index in [4.69, 9.17) is 0 Å². The summed E-state index contributed by atoms with van der Waals surface area (Å²) in [5.41, 5.74) is 1.21. The number of unbranched alkanes of at least 4 members (excludes halogenated alkanes) is 1. The molecule has 4 nitrogen and oxygen atoms in total. The number of rotatable bonds is 7. The van der Waals surface area contributed by atoms with Gasteiger partial charge >= 0.3 is 0 Å². The number of nitrogens with one attached hydrogen (secondary N) is 1. The van der Waals surface area contributed by atoms with Crippen molar-refractivity contribution < 1.29 is 4.79 Å². The highest BCUT2D eigenvalue weighted by Gasteiger charge is 2.38. The van der Waals surface area contributed by atoms with Gasteiger partial charge in [0.05, 0.1) is 6.04 Å². The van der Waals surface area contributed by atoms with Crippen LogP contribution in [0.25, 0.3) is 0 Å². The van der Waals surface area contributed by atoms with Crippen LogP contribution < -0.4 is 5.32 Å². The summed E-state index contributed by atoms with van der Waals surface area (Å²) in [6, 6.07) is 2.10. The Labute approximate surface area is 125 Å². The zero-order chi connectivity index (χ0) is 14.5. The minimum absolute atomic E-state index is 0.0120. The first kappa shape index (κ1) is 15.5. The van der Waals surface area contributed by atoms with Crippen molar-refractivity contribution in [2.75, 3.05) is 27.2 Å². The third kappa shape index (κ3) is 3.59. The fourth-order valence-electron chi connectivity index (χ4n) is 2.55. The summed E-state index contributed by atoms with van der Waals surface area (Å²) < 4.78 is 0. The van der Waals surface area contributed by atoms with Gasteiger partial charge in [-0.05, 0) is 42.9 Å². The number of carbonyl (C=O) groups is 1. The van der Waals surface area contributed by atoms with Crippen LogP contribution in [0.4, 0.5) is 0 Å². The molecule has 1 N–H and O–H groups in total. The highest BCUT2D eigenvalue weighted by atomic mass is 32.1. The van der Waals surface area contributed by atoms with E-state index in [1.165, 1.54) is 5.56 Å². The standard InChI is InChI=1S/C15H25N3OS/c1-4-5-6-13-15(19)18(9-8-17(2)3)14(16-13)12-7-10-20-11-12/h7,10-11,13-14,16H,4-6,8-9H2,1-3H3. The largest absolute Gasteiger partial charge is 0.320 e. The van der Waals surface area contributed by atoms with Crippen molar-refractivity contribution in [2.24, 2.45) is 0 Å². The molecule has 1 aliphatic rings. The third-order valence-corrected chi connectivity index (χ3v) is 4.45. The van der Waals surface area contributed by atoms with E-state index in [9.17, 15) is 4.79 Å². The molecule has 0 bridgehead atoms. The highest BCUT2D eigenvalue weighted by Crippen LogP contribution is 2.28. The Hall–Kier alpha value is -0.910. The molecule has 1 amide bonds. The Morgan fingerprint density at radius 3 is 2.85 bits per heavy atom. The summed E-state index contributed by atoms with van der Waals surface area (Å²) in [5, 5.41) is 7.73. The normalized spacial score (nSPS) is 23.0. The van der Waals surface area contributed by atoms with Crippen LogP contribution in [0.3, 0.4) is 0 Å². The van der Waals surface area contributed by atoms with Crippen molar-refractivity contribution in [1.82, 2.24) is 15.1 Å². The Bertz CT molecular complexity index is 419. The lowest BCUT2D eigenvalue weighted by Gasteiger charge is -2.25. The Morgan fingerprint density at radius 1 is 1.45 bits per heavy atom. The topological polar surface area (TPSA) is 35.6 Å². The molecule has 1 aromatic rings. The lowest BCUT2D eigenvalue weighted by atomic mass is 10.1. The molecule has 1 fully saturated rings. The average Bonchev–Trinajstić information content (AvgIpc) is 3.02. The Kier molecular flexibility index (Phi) is 5.57. The second-order valence-electron chi connectivity index (χ2n) is 5.66. The van der Waals surface area contributed by atoms with Crippen molar-refractivity contribution in [3.05, 3.63) is 22.4 Å². The number of carbonyl (C=O) groups excluding carboxylic acids is 1. The second-order valence-corrected chi connectivity index (χ2v) is 6.44. The molecule has 0 spiro atoms. The van der Waals surface area contributed by atoms with Crippen LogP contribution in [-0.4, -0.2) is 48.9 Å². The van der Waals surface area contributed by atoms with Crippen LogP contribution in [-0.2, 0) is 4.79 Å². The minimum Gasteiger partial charge on any atom is -0.320 e. The lowest BCUT2D eigenvalue weighted by molar-refractivity contribution is -0.130. The van der Waals surface area contributed by atoms with Crippen LogP contribution in [0.2, 0.25) is 0 Å². The summed E-state index contributed by atoms with van der Waals surface area (Å²) in [7, 11) is 4.09. The zero-order valence-corrected chi connectivity index (χ0v) is 13.4. The van der Waals surface area contributed by atoms with Gasteiger partial charge in [-0.25, -0.2) is 0 Å². The SMILES string of the molecule is CCCCC1NC(c2ccsc2)N(CCN(C)C)C1=O. The Morgan fingerprint density at radius 2 is 2.25 bits per heavy atom. The second kappa shape index (κ2) is 7.20. The van der Waals surface area contributed by atoms with Crippen molar-refractivity contribution >= 4 is 17.2 Å². The lowest BCUT2D eigenvalue weighted by Crippen LogP contribution is -2.36. The Balaban J connectivity index is 2.08. The molecule has 2 rings (SSSR count). The summed E-state index contributed by atoms with van der Waals surface area (Å²) in [6.45, 7) is 3.84. The van der Waals surface area contributed by atoms with Gasteiger partial charge in [-0.1, -0.05) is 19.8 Å². The van der Waals surface area contributed by atoms with Crippen LogP contribution in [0, 0.1) is 0 Å². The van der Waals surface area contributed by atoms with Gasteiger partial charge in [-0.15, -0.1) is 0 Å². The molecule has 0 aliphatic carbocycles. The third-order valence-electron chi connectivity index (χ3n) is 3.75. The molecule has 0 radical (unpaired) electrons. The van der Waals surface area contributed by atoms with E-state index in [-0.39, 0.29) is 18.1 Å². The molecule has 1 aromatic heterocycles. The van der Waals surface area contributed by atoms with Gasteiger partial charge in [0.2, 0.25) is 5.91 Å². The summed E-state index contributed by atoms with van der Waals surface area (Å²) in [4.78, 5) is 16.7. The van der Waals surface area contributed by atoms with Crippen LogP contribution in [0.15, 0.2) is 16.8 Å². The van der Waals surface area contributed by atoms with E-state index in [2.05, 4.69) is 34.0 Å². The van der Waals surface area contributed by atoms with Crippen molar-refractivity contribution in [1.29, 1.82) is 0 Å². The molecule has 1 saturated heterocycles. The van der Waals surface area contributed by atoms with Gasteiger partial charge in [0.25, 0.3) is 0 Å². The number of hydrogen-bond donors (Lipinski definition) is 1. The maximum absolute atomic E-state index is 12.6.